The Morgan fingerprint density at radius 3 is 2.60 bits per heavy atom. The number of hydrogen-bond donors (Lipinski definition) is 1. The van der Waals surface area contributed by atoms with Gasteiger partial charge >= 0.3 is 0 Å². The molecule has 74 valence electrons. The van der Waals surface area contributed by atoms with E-state index in [1.165, 1.54) is 6.07 Å². The van der Waals surface area contributed by atoms with Gasteiger partial charge in [-0.15, -0.1) is 0 Å². The van der Waals surface area contributed by atoms with Gasteiger partial charge in [0, 0.05) is 12.3 Å². The van der Waals surface area contributed by atoms with Crippen LogP contribution in [0.4, 0.5) is 0 Å². The zero-order valence-corrected chi connectivity index (χ0v) is 7.92. The van der Waals surface area contributed by atoms with Gasteiger partial charge in [0.15, 0.2) is 0 Å². The number of nitrogens with zero attached hydrogens (tertiary/aromatic N) is 2. The zero-order chi connectivity index (χ0) is 10.5. The third kappa shape index (κ3) is 2.60. The van der Waals surface area contributed by atoms with Crippen LogP contribution >= 0.6 is 0 Å². The van der Waals surface area contributed by atoms with Crippen molar-refractivity contribution in [1.82, 2.24) is 15.2 Å². The van der Waals surface area contributed by atoms with E-state index in [0.717, 1.165) is 5.69 Å². The number of aromatic nitrogens is 3. The first kappa shape index (κ1) is 9.33. The Morgan fingerprint density at radius 2 is 1.93 bits per heavy atom. The lowest BCUT2D eigenvalue weighted by atomic mass is 10.3. The van der Waals surface area contributed by atoms with Crippen molar-refractivity contribution in [2.24, 2.45) is 0 Å². The minimum atomic E-state index is -0.204. The predicted octanol–water partition coefficient (Wildman–Crippen LogP) is 1.34. The minimum Gasteiger partial charge on any atom is -0.268 e. The second-order valence-corrected chi connectivity index (χ2v) is 2.93. The van der Waals surface area contributed by atoms with Gasteiger partial charge in [-0.05, 0) is 30.4 Å². The van der Waals surface area contributed by atoms with Gasteiger partial charge in [0.05, 0.1) is 11.4 Å². The van der Waals surface area contributed by atoms with E-state index in [2.05, 4.69) is 15.2 Å². The van der Waals surface area contributed by atoms with Gasteiger partial charge in [-0.2, -0.15) is 5.10 Å². The number of rotatable bonds is 2. The Morgan fingerprint density at radius 1 is 1.07 bits per heavy atom. The molecule has 0 saturated heterocycles. The van der Waals surface area contributed by atoms with Gasteiger partial charge in [-0.1, -0.05) is 6.07 Å². The molecule has 2 rings (SSSR count). The number of pyridine rings is 1. The van der Waals surface area contributed by atoms with Gasteiger partial charge in [-0.25, -0.2) is 5.10 Å². The summed E-state index contributed by atoms with van der Waals surface area (Å²) in [6.45, 7) is 0. The molecule has 0 radical (unpaired) electrons. The number of hydrogen-bond acceptors (Lipinski definition) is 3. The van der Waals surface area contributed by atoms with Crippen LogP contribution in [0.1, 0.15) is 11.4 Å². The molecular formula is C11H9N3O. The number of aromatic amines is 1. The maximum Gasteiger partial charge on any atom is 0.264 e. The summed E-state index contributed by atoms with van der Waals surface area (Å²) in [7, 11) is 0. The largest absolute Gasteiger partial charge is 0.268 e. The van der Waals surface area contributed by atoms with Crippen molar-refractivity contribution in [2.45, 2.75) is 0 Å². The summed E-state index contributed by atoms with van der Waals surface area (Å²) in [5, 5.41) is 6.20. The average Bonchev–Trinajstić information content (AvgIpc) is 2.30. The van der Waals surface area contributed by atoms with Crippen LogP contribution in [0.25, 0.3) is 12.2 Å². The van der Waals surface area contributed by atoms with Gasteiger partial charge in [-0.3, -0.25) is 9.78 Å². The Hall–Kier alpha value is -2.23. The quantitative estimate of drug-likeness (QED) is 0.793. The van der Waals surface area contributed by atoms with Gasteiger partial charge in [0.2, 0.25) is 0 Å². The predicted molar refractivity (Wildman–Crippen MR) is 58.0 cm³/mol. The first-order valence-corrected chi connectivity index (χ1v) is 4.49. The Labute approximate surface area is 86.3 Å². The van der Waals surface area contributed by atoms with Crippen molar-refractivity contribution in [1.29, 1.82) is 0 Å². The molecule has 0 aliphatic heterocycles. The third-order valence-electron chi connectivity index (χ3n) is 1.81. The van der Waals surface area contributed by atoms with E-state index in [1.54, 1.807) is 18.3 Å². The molecule has 0 bridgehead atoms. The molecule has 2 heterocycles. The normalized spacial score (nSPS) is 10.7. The maximum absolute atomic E-state index is 10.7. The fraction of sp³-hybridized carbons (Fsp3) is 0. The Kier molecular flexibility index (Phi) is 2.69. The smallest absolute Gasteiger partial charge is 0.264 e. The van der Waals surface area contributed by atoms with Gasteiger partial charge in [0.1, 0.15) is 0 Å². The van der Waals surface area contributed by atoms with E-state index in [9.17, 15) is 4.79 Å². The van der Waals surface area contributed by atoms with Crippen LogP contribution < -0.4 is 5.56 Å². The van der Waals surface area contributed by atoms with Crippen LogP contribution in [-0.4, -0.2) is 15.2 Å². The lowest BCUT2D eigenvalue weighted by Gasteiger charge is -1.91. The van der Waals surface area contributed by atoms with E-state index in [1.807, 2.05) is 24.3 Å². The second-order valence-electron chi connectivity index (χ2n) is 2.93. The fourth-order valence-corrected chi connectivity index (χ4v) is 1.09. The molecular weight excluding hydrogens is 190 g/mol. The first-order valence-electron chi connectivity index (χ1n) is 4.49. The molecule has 0 aliphatic carbocycles. The summed E-state index contributed by atoms with van der Waals surface area (Å²) in [5.74, 6) is 0. The fourth-order valence-electron chi connectivity index (χ4n) is 1.09. The summed E-state index contributed by atoms with van der Waals surface area (Å²) in [6.07, 6.45) is 5.35. The van der Waals surface area contributed by atoms with E-state index in [4.69, 9.17) is 0 Å². The number of H-pyrrole nitrogens is 1. The zero-order valence-electron chi connectivity index (χ0n) is 7.92. The molecule has 0 aromatic carbocycles. The lowest BCUT2D eigenvalue weighted by Crippen LogP contribution is -2.05. The van der Waals surface area contributed by atoms with E-state index in [0.29, 0.717) is 5.69 Å². The lowest BCUT2D eigenvalue weighted by molar-refractivity contribution is 0.977. The SMILES string of the molecule is O=c1ccc(C=Cc2ccccn2)n[nH]1. The van der Waals surface area contributed by atoms with Crippen LogP contribution in [-0.2, 0) is 0 Å². The molecule has 0 unspecified atom stereocenters. The maximum atomic E-state index is 10.7. The van der Waals surface area contributed by atoms with E-state index >= 15 is 0 Å². The first-order chi connectivity index (χ1) is 7.34. The minimum absolute atomic E-state index is 0.204. The topological polar surface area (TPSA) is 58.6 Å². The van der Waals surface area contributed by atoms with Crippen LogP contribution in [0.3, 0.4) is 0 Å². The summed E-state index contributed by atoms with van der Waals surface area (Å²) in [5.41, 5.74) is 1.34. The summed E-state index contributed by atoms with van der Waals surface area (Å²) in [6, 6.07) is 8.74. The van der Waals surface area contributed by atoms with Crippen molar-refractivity contribution in [3.05, 3.63) is 58.3 Å². The summed E-state index contributed by atoms with van der Waals surface area (Å²) >= 11 is 0. The summed E-state index contributed by atoms with van der Waals surface area (Å²) < 4.78 is 0. The van der Waals surface area contributed by atoms with Crippen molar-refractivity contribution in [3.8, 4) is 0 Å². The highest BCUT2D eigenvalue weighted by Crippen LogP contribution is 2.00. The molecule has 0 fully saturated rings. The van der Waals surface area contributed by atoms with Crippen molar-refractivity contribution >= 4 is 12.2 Å². The highest BCUT2D eigenvalue weighted by atomic mass is 16.1. The van der Waals surface area contributed by atoms with Crippen molar-refractivity contribution in [2.75, 3.05) is 0 Å². The highest BCUT2D eigenvalue weighted by Gasteiger charge is 1.89. The molecule has 1 N–H and O–H groups in total. The van der Waals surface area contributed by atoms with Crippen molar-refractivity contribution in [3.63, 3.8) is 0 Å². The van der Waals surface area contributed by atoms with Crippen LogP contribution in [0.2, 0.25) is 0 Å². The van der Waals surface area contributed by atoms with Crippen LogP contribution in [0, 0.1) is 0 Å². The average molecular weight is 199 g/mol. The molecule has 2 aromatic heterocycles. The third-order valence-corrected chi connectivity index (χ3v) is 1.81. The van der Waals surface area contributed by atoms with Crippen LogP contribution in [0.15, 0.2) is 41.3 Å². The molecule has 0 spiro atoms. The molecule has 2 aromatic rings. The van der Waals surface area contributed by atoms with Crippen molar-refractivity contribution < 1.29 is 0 Å². The van der Waals surface area contributed by atoms with E-state index in [-0.39, 0.29) is 5.56 Å². The molecule has 4 nitrogen and oxygen atoms in total. The highest BCUT2D eigenvalue weighted by molar-refractivity contribution is 5.65. The summed E-state index contributed by atoms with van der Waals surface area (Å²) in [4.78, 5) is 14.9. The van der Waals surface area contributed by atoms with Gasteiger partial charge in [0.25, 0.3) is 5.56 Å². The monoisotopic (exact) mass is 199 g/mol. The molecule has 15 heavy (non-hydrogen) atoms. The molecule has 0 saturated carbocycles. The Bertz CT molecular complexity index is 496. The standard InChI is InChI=1S/C11H9N3O/c15-11-7-6-10(13-14-11)5-4-9-3-1-2-8-12-9/h1-8H,(H,14,15). The van der Waals surface area contributed by atoms with Gasteiger partial charge < -0.3 is 0 Å². The molecule has 0 amide bonds. The van der Waals surface area contributed by atoms with E-state index < -0.39 is 0 Å². The second kappa shape index (κ2) is 4.32. The number of nitrogens with one attached hydrogen (secondary N) is 1. The Balaban J connectivity index is 2.19. The molecule has 0 aliphatic rings. The molecule has 0 atom stereocenters. The van der Waals surface area contributed by atoms with Crippen LogP contribution in [0.5, 0.6) is 0 Å². The molecule has 4 heteroatoms.